The summed E-state index contributed by atoms with van der Waals surface area (Å²) in [5, 5.41) is 20.0. The van der Waals surface area contributed by atoms with Crippen molar-refractivity contribution in [2.45, 2.75) is 45.4 Å². The van der Waals surface area contributed by atoms with Gasteiger partial charge < -0.3 is 29.9 Å². The van der Waals surface area contributed by atoms with Gasteiger partial charge in [0.05, 0.1) is 23.4 Å². The molecule has 3 amide bonds. The molecule has 1 aromatic heterocycles. The minimum absolute atomic E-state index is 0.137. The number of ether oxygens (including phenoxy) is 1. The number of nitrogens with zero attached hydrogens (tertiary/aromatic N) is 2. The molecule has 0 bridgehead atoms. The third kappa shape index (κ3) is 6.19. The highest BCUT2D eigenvalue weighted by molar-refractivity contribution is 5.94. The fourth-order valence-electron chi connectivity index (χ4n) is 4.02. The Balaban J connectivity index is 1.35. The lowest BCUT2D eigenvalue weighted by Crippen LogP contribution is -2.50. The molecule has 0 radical (unpaired) electrons. The molecule has 9 nitrogen and oxygen atoms in total. The Bertz CT molecular complexity index is 1180. The Morgan fingerprint density at radius 1 is 1.17 bits per heavy atom. The largest absolute Gasteiger partial charge is 0.489 e. The van der Waals surface area contributed by atoms with Gasteiger partial charge in [0.15, 0.2) is 0 Å². The van der Waals surface area contributed by atoms with E-state index >= 15 is 0 Å². The quantitative estimate of drug-likeness (QED) is 0.478. The third-order valence-electron chi connectivity index (χ3n) is 6.19. The predicted octanol–water partition coefficient (Wildman–Crippen LogP) is 3.80. The van der Waals surface area contributed by atoms with Crippen LogP contribution in [0, 0.1) is 19.7 Å². The second-order valence-electron chi connectivity index (χ2n) is 8.79. The van der Waals surface area contributed by atoms with Crippen LogP contribution in [0.5, 0.6) is 5.75 Å². The smallest absolute Gasteiger partial charge is 0.321 e. The molecular formula is C26H29FN4O5. The van der Waals surface area contributed by atoms with Gasteiger partial charge >= 0.3 is 6.03 Å². The summed E-state index contributed by atoms with van der Waals surface area (Å²) < 4.78 is 24.0. The first kappa shape index (κ1) is 25.2. The van der Waals surface area contributed by atoms with Gasteiger partial charge in [-0.15, -0.1) is 0 Å². The van der Waals surface area contributed by atoms with E-state index in [0.29, 0.717) is 48.8 Å². The van der Waals surface area contributed by atoms with Gasteiger partial charge in [-0.05, 0) is 75.2 Å². The lowest BCUT2D eigenvalue weighted by atomic mass is 10.1. The van der Waals surface area contributed by atoms with Crippen LogP contribution in [-0.2, 0) is 6.61 Å². The molecule has 1 aliphatic rings. The van der Waals surface area contributed by atoms with E-state index in [0.717, 1.165) is 11.3 Å². The van der Waals surface area contributed by atoms with Crippen LogP contribution in [0.2, 0.25) is 0 Å². The Morgan fingerprint density at radius 3 is 2.56 bits per heavy atom. The van der Waals surface area contributed by atoms with Crippen LogP contribution in [0.4, 0.5) is 14.9 Å². The Kier molecular flexibility index (Phi) is 7.84. The van der Waals surface area contributed by atoms with E-state index in [1.165, 1.54) is 29.2 Å². The fourth-order valence-corrected chi connectivity index (χ4v) is 4.02. The van der Waals surface area contributed by atoms with Crippen LogP contribution in [0.25, 0.3) is 0 Å². The summed E-state index contributed by atoms with van der Waals surface area (Å²) in [5.74, 6) is 0.529. The molecule has 2 aromatic carbocycles. The van der Waals surface area contributed by atoms with Gasteiger partial charge in [-0.25, -0.2) is 9.18 Å². The number of aromatic nitrogens is 1. The monoisotopic (exact) mass is 496 g/mol. The van der Waals surface area contributed by atoms with Crippen LogP contribution in [0.3, 0.4) is 0 Å². The van der Waals surface area contributed by atoms with Crippen molar-refractivity contribution in [2.24, 2.45) is 0 Å². The number of aliphatic hydroxyl groups excluding tert-OH is 1. The van der Waals surface area contributed by atoms with Crippen molar-refractivity contribution in [1.82, 2.24) is 15.4 Å². The zero-order chi connectivity index (χ0) is 25.7. The molecule has 36 heavy (non-hydrogen) atoms. The summed E-state index contributed by atoms with van der Waals surface area (Å²) in [6.07, 6.45) is 0.233. The van der Waals surface area contributed by atoms with Gasteiger partial charge in [0.25, 0.3) is 5.91 Å². The second kappa shape index (κ2) is 11.2. The number of carbonyl (C=O) groups excluding carboxylic acids is 2. The molecule has 0 aliphatic carbocycles. The maximum absolute atomic E-state index is 13.1. The van der Waals surface area contributed by atoms with Crippen molar-refractivity contribution < 1.29 is 28.3 Å². The number of benzene rings is 2. The number of amides is 3. The zero-order valence-corrected chi connectivity index (χ0v) is 20.2. The molecule has 0 unspecified atom stereocenters. The minimum Gasteiger partial charge on any atom is -0.489 e. The number of rotatable bonds is 6. The molecule has 2 heterocycles. The molecule has 3 N–H and O–H groups in total. The van der Waals surface area contributed by atoms with E-state index in [4.69, 9.17) is 9.26 Å². The van der Waals surface area contributed by atoms with E-state index in [-0.39, 0.29) is 18.5 Å². The predicted molar refractivity (Wildman–Crippen MR) is 130 cm³/mol. The number of aliphatic hydroxyl groups is 1. The number of urea groups is 1. The first-order valence-corrected chi connectivity index (χ1v) is 11.7. The third-order valence-corrected chi connectivity index (χ3v) is 6.19. The summed E-state index contributed by atoms with van der Waals surface area (Å²) in [7, 11) is 0. The number of nitrogens with one attached hydrogen (secondary N) is 2. The van der Waals surface area contributed by atoms with Gasteiger partial charge in [-0.2, -0.15) is 0 Å². The van der Waals surface area contributed by atoms with Gasteiger partial charge in [-0.3, -0.25) is 4.79 Å². The van der Waals surface area contributed by atoms with Crippen LogP contribution in [-0.4, -0.2) is 52.3 Å². The summed E-state index contributed by atoms with van der Waals surface area (Å²) in [5.41, 5.74) is 2.51. The SMILES string of the molecule is Cc1noc(C)c1COc1ccc(C(=O)N[C@@H]2CN(C(=O)Nc3ccc(F)cc3)CCC[C@H]2O)cc1. The lowest BCUT2D eigenvalue weighted by molar-refractivity contribution is 0.0811. The average Bonchev–Trinajstić information content (AvgIpc) is 3.07. The summed E-state index contributed by atoms with van der Waals surface area (Å²) >= 11 is 0. The van der Waals surface area contributed by atoms with Gasteiger partial charge in [-0.1, -0.05) is 5.16 Å². The zero-order valence-electron chi connectivity index (χ0n) is 20.2. The second-order valence-corrected chi connectivity index (χ2v) is 8.79. The van der Waals surface area contributed by atoms with Crippen molar-refractivity contribution in [3.63, 3.8) is 0 Å². The fraction of sp³-hybridized carbons (Fsp3) is 0.346. The van der Waals surface area contributed by atoms with E-state index < -0.39 is 18.0 Å². The van der Waals surface area contributed by atoms with Crippen molar-refractivity contribution in [3.8, 4) is 5.75 Å². The lowest BCUT2D eigenvalue weighted by Gasteiger charge is -2.27. The van der Waals surface area contributed by atoms with Crippen LogP contribution in [0.15, 0.2) is 53.1 Å². The number of hydrogen-bond donors (Lipinski definition) is 3. The molecule has 4 rings (SSSR count). The highest BCUT2D eigenvalue weighted by Crippen LogP contribution is 2.19. The first-order chi connectivity index (χ1) is 17.3. The van der Waals surface area contributed by atoms with Gasteiger partial charge in [0, 0.05) is 24.3 Å². The maximum Gasteiger partial charge on any atom is 0.321 e. The highest BCUT2D eigenvalue weighted by atomic mass is 19.1. The molecule has 190 valence electrons. The molecule has 0 spiro atoms. The van der Waals surface area contributed by atoms with E-state index in [1.807, 2.05) is 13.8 Å². The topological polar surface area (TPSA) is 117 Å². The van der Waals surface area contributed by atoms with E-state index in [1.54, 1.807) is 24.3 Å². The van der Waals surface area contributed by atoms with Crippen molar-refractivity contribution in [1.29, 1.82) is 0 Å². The van der Waals surface area contributed by atoms with Crippen molar-refractivity contribution in [2.75, 3.05) is 18.4 Å². The summed E-state index contributed by atoms with van der Waals surface area (Å²) in [4.78, 5) is 27.2. The summed E-state index contributed by atoms with van der Waals surface area (Å²) in [6.45, 7) is 4.53. The summed E-state index contributed by atoms with van der Waals surface area (Å²) in [6, 6.07) is 11.1. The number of carbonyl (C=O) groups is 2. The Hall–Kier alpha value is -3.92. The van der Waals surface area contributed by atoms with Crippen LogP contribution >= 0.6 is 0 Å². The number of hydrogen-bond acceptors (Lipinski definition) is 6. The highest BCUT2D eigenvalue weighted by Gasteiger charge is 2.29. The average molecular weight is 497 g/mol. The standard InChI is InChI=1S/C26H29FN4O5/c1-16-22(17(2)36-30-16)15-35-21-11-5-18(6-12-21)25(33)29-23-14-31(13-3-4-24(23)32)26(34)28-20-9-7-19(27)8-10-20/h5-12,23-24,32H,3-4,13-15H2,1-2H3,(H,28,34)(H,29,33)/t23-,24-/m1/s1. The molecule has 1 aliphatic heterocycles. The van der Waals surface area contributed by atoms with Crippen LogP contribution in [0.1, 0.15) is 40.2 Å². The molecule has 2 atom stereocenters. The first-order valence-electron chi connectivity index (χ1n) is 11.7. The Labute approximate surface area is 208 Å². The Morgan fingerprint density at radius 2 is 1.89 bits per heavy atom. The number of halogens is 1. The molecule has 1 saturated heterocycles. The van der Waals surface area contributed by atoms with E-state index in [2.05, 4.69) is 15.8 Å². The van der Waals surface area contributed by atoms with Gasteiger partial charge in [0.2, 0.25) is 0 Å². The van der Waals surface area contributed by atoms with Crippen molar-refractivity contribution >= 4 is 17.6 Å². The maximum atomic E-state index is 13.1. The molecular weight excluding hydrogens is 467 g/mol. The number of likely N-dealkylation sites (tertiary alicyclic amines) is 1. The van der Waals surface area contributed by atoms with E-state index in [9.17, 15) is 19.1 Å². The molecule has 3 aromatic rings. The molecule has 1 fully saturated rings. The number of anilines is 1. The normalized spacial score (nSPS) is 17.8. The van der Waals surface area contributed by atoms with Crippen LogP contribution < -0.4 is 15.4 Å². The van der Waals surface area contributed by atoms with Gasteiger partial charge in [0.1, 0.15) is 23.9 Å². The van der Waals surface area contributed by atoms with Crippen molar-refractivity contribution in [3.05, 3.63) is 76.9 Å². The molecule has 10 heteroatoms. The number of aryl methyl sites for hydroxylation is 2. The minimum atomic E-state index is -0.796. The molecule has 0 saturated carbocycles.